The summed E-state index contributed by atoms with van der Waals surface area (Å²) in [6.45, 7) is 40.0. The lowest BCUT2D eigenvalue weighted by Gasteiger charge is -2.27. The lowest BCUT2D eigenvalue weighted by Crippen LogP contribution is -2.14. The summed E-state index contributed by atoms with van der Waals surface area (Å²) in [6.07, 6.45) is 0. The molecule has 10 aromatic rings. The Kier molecular flexibility index (Phi) is 13.4. The molecule has 0 saturated carbocycles. The van der Waals surface area contributed by atoms with Crippen molar-refractivity contribution in [2.24, 2.45) is 0 Å². The smallest absolute Gasteiger partial charge is 0.453 e. The fourth-order valence-electron chi connectivity index (χ4n) is 10.9. The molecule has 0 N–H and O–H groups in total. The third-order valence-electron chi connectivity index (χ3n) is 14.9. The van der Waals surface area contributed by atoms with E-state index in [-0.39, 0.29) is 27.1 Å². The molecule has 2 unspecified atom stereocenters. The van der Waals surface area contributed by atoms with E-state index in [2.05, 4.69) is 234 Å². The SMILES string of the molecule is COc1cc(C(C)(C)C)c2op(Oc3cc(-c4cc(C)cc(C(C)(C)C)c4Op4oc5c(C(C)(C)C)cc(C)cc5c5c(o4)c(C(C)(C)C)cc4ccccc45)c(C)cc3C(C)(C)C)oc3ccc4ccccc4c3c2c1. The second-order valence-corrected chi connectivity index (χ2v) is 28.3. The van der Waals surface area contributed by atoms with Gasteiger partial charge in [0.15, 0.2) is 0 Å². The van der Waals surface area contributed by atoms with Crippen LogP contribution in [0.4, 0.5) is 0 Å². The van der Waals surface area contributed by atoms with Crippen molar-refractivity contribution in [1.29, 1.82) is 0 Å². The zero-order chi connectivity index (χ0) is 55.5. The molecule has 0 aliphatic heterocycles. The fraction of sp³-hybridized carbons (Fsp3) is 0.353. The average Bonchev–Trinajstić information content (AvgIpc) is 3.77. The van der Waals surface area contributed by atoms with Crippen molar-refractivity contribution in [1.82, 2.24) is 0 Å². The highest BCUT2D eigenvalue weighted by Crippen LogP contribution is 2.52. The van der Waals surface area contributed by atoms with Crippen molar-refractivity contribution in [2.75, 3.05) is 7.11 Å². The molecule has 77 heavy (non-hydrogen) atoms. The summed E-state index contributed by atoms with van der Waals surface area (Å²) < 4.78 is 49.9. The molecule has 0 saturated heterocycles. The minimum atomic E-state index is -2.13. The lowest BCUT2D eigenvalue weighted by atomic mass is 9.81. The zero-order valence-corrected chi connectivity index (χ0v) is 50.5. The predicted molar refractivity (Wildman–Crippen MR) is 326 cm³/mol. The van der Waals surface area contributed by atoms with Gasteiger partial charge in [-0.2, -0.15) is 0 Å². The summed E-state index contributed by atoms with van der Waals surface area (Å²) in [4.78, 5) is 0. The van der Waals surface area contributed by atoms with Crippen molar-refractivity contribution in [2.45, 2.75) is 152 Å². The highest BCUT2D eigenvalue weighted by atomic mass is 31.1. The first-order valence-corrected chi connectivity index (χ1v) is 29.1. The molecule has 0 aliphatic rings. The Hall–Kier alpha value is -6.52. The molecular formula is C68H76O7P2. The van der Waals surface area contributed by atoms with Crippen LogP contribution in [0.25, 0.3) is 76.5 Å². The normalized spacial score (nSPS) is 13.3. The summed E-state index contributed by atoms with van der Waals surface area (Å²) in [6, 6.07) is 41.0. The molecule has 400 valence electrons. The first kappa shape index (κ1) is 53.9. The van der Waals surface area contributed by atoms with Gasteiger partial charge in [-0.05, 0) is 134 Å². The van der Waals surface area contributed by atoms with Crippen LogP contribution in [0.3, 0.4) is 0 Å². The van der Waals surface area contributed by atoms with Gasteiger partial charge in [0.2, 0.25) is 0 Å². The van der Waals surface area contributed by atoms with Crippen LogP contribution in [-0.4, -0.2) is 7.11 Å². The van der Waals surface area contributed by atoms with Crippen molar-refractivity contribution >= 4 is 81.9 Å². The van der Waals surface area contributed by atoms with E-state index in [0.29, 0.717) is 17.1 Å². The Morgan fingerprint density at radius 1 is 0.390 bits per heavy atom. The molecule has 2 heterocycles. The number of ether oxygens (including phenoxy) is 1. The Labute approximate surface area is 457 Å². The highest BCUT2D eigenvalue weighted by Gasteiger charge is 2.32. The first-order chi connectivity index (χ1) is 36.0. The third-order valence-corrected chi connectivity index (χ3v) is 16.9. The van der Waals surface area contributed by atoms with Gasteiger partial charge in [0, 0.05) is 54.9 Å². The Morgan fingerprint density at radius 3 is 1.51 bits per heavy atom. The lowest BCUT2D eigenvalue weighted by molar-refractivity contribution is 0.413. The molecule has 0 spiro atoms. The molecule has 0 aliphatic carbocycles. The fourth-order valence-corrected chi connectivity index (χ4v) is 13.1. The van der Waals surface area contributed by atoms with Crippen LogP contribution in [0.1, 0.15) is 148 Å². The maximum Gasteiger partial charge on any atom is 0.453 e. The van der Waals surface area contributed by atoms with Gasteiger partial charge in [-0.25, -0.2) is 0 Å². The van der Waals surface area contributed by atoms with Gasteiger partial charge in [0.25, 0.3) is 0 Å². The number of hydrogen-bond acceptors (Lipinski definition) is 7. The molecule has 0 fully saturated rings. The van der Waals surface area contributed by atoms with Crippen molar-refractivity contribution in [3.63, 3.8) is 0 Å². The summed E-state index contributed by atoms with van der Waals surface area (Å²) >= 11 is 0. The minimum absolute atomic E-state index is 0.265. The largest absolute Gasteiger partial charge is 0.497 e. The van der Waals surface area contributed by atoms with Crippen LogP contribution < -0.4 is 13.8 Å². The Bertz CT molecular complexity index is 4080. The number of rotatable bonds is 6. The maximum absolute atomic E-state index is 7.58. The number of aryl methyl sites for hydroxylation is 3. The van der Waals surface area contributed by atoms with E-state index in [4.69, 9.17) is 30.6 Å². The quantitative estimate of drug-likeness (QED) is 0.164. The average molecular weight is 1070 g/mol. The minimum Gasteiger partial charge on any atom is -0.497 e. The van der Waals surface area contributed by atoms with Gasteiger partial charge in [-0.1, -0.05) is 177 Å². The number of hydrogen-bond donors (Lipinski definition) is 0. The number of benzene rings is 8. The number of fused-ring (bicyclic) bond motifs is 10. The predicted octanol–water partition coefficient (Wildman–Crippen LogP) is 22.0. The standard InChI is InChI=1S/C68H76O7P2/c1-39-30-48(60(52(32-39)65(7,8)9)72-77-74-61-49(31-40(2)33-53(61)66(10,11)12)59-46-27-23-21-25-43(46)35-54(63(59)75-77)67(13,14)15)47-38-57(51(34-41(47)3)64(4,5)6)71-76-70-56-29-28-42-24-20-22-26-45(42)58(56)50-36-44(69-19)37-55(62(50)73-76)68(16,17)18/h20-38H,1-19H3. The van der Waals surface area contributed by atoms with E-state index in [0.717, 1.165) is 121 Å². The summed E-state index contributed by atoms with van der Waals surface area (Å²) in [5.41, 5.74) is 11.8. The van der Waals surface area contributed by atoms with Gasteiger partial charge < -0.3 is 30.6 Å². The first-order valence-electron chi connectivity index (χ1n) is 26.9. The topological polar surface area (TPSA) is 80.2 Å². The number of methoxy groups -OCH3 is 1. The van der Waals surface area contributed by atoms with Gasteiger partial charge in [-0.3, -0.25) is 0 Å². The molecule has 2 atom stereocenters. The van der Waals surface area contributed by atoms with E-state index >= 15 is 0 Å². The Balaban J connectivity index is 1.27. The molecule has 10 rings (SSSR count). The molecule has 2 aromatic heterocycles. The molecule has 7 nitrogen and oxygen atoms in total. The molecule has 0 radical (unpaired) electrons. The second-order valence-electron chi connectivity index (χ2n) is 26.3. The van der Waals surface area contributed by atoms with Gasteiger partial charge >= 0.3 is 16.5 Å². The van der Waals surface area contributed by atoms with Crippen molar-refractivity contribution in [3.8, 4) is 28.4 Å². The highest BCUT2D eigenvalue weighted by molar-refractivity contribution is 7.32. The van der Waals surface area contributed by atoms with E-state index in [9.17, 15) is 0 Å². The van der Waals surface area contributed by atoms with Gasteiger partial charge in [0.1, 0.15) is 39.6 Å². The van der Waals surface area contributed by atoms with Crippen LogP contribution in [0, 0.1) is 20.8 Å². The second kappa shape index (κ2) is 19.1. The summed E-state index contributed by atoms with van der Waals surface area (Å²) in [5.74, 6) is 2.10. The molecule has 8 aromatic carbocycles. The maximum atomic E-state index is 7.58. The van der Waals surface area contributed by atoms with Crippen molar-refractivity contribution < 1.29 is 30.6 Å². The zero-order valence-electron chi connectivity index (χ0n) is 48.7. The van der Waals surface area contributed by atoms with E-state index in [1.165, 1.54) is 0 Å². The van der Waals surface area contributed by atoms with Crippen LogP contribution in [0.2, 0.25) is 0 Å². The summed E-state index contributed by atoms with van der Waals surface area (Å²) in [7, 11) is -2.51. The van der Waals surface area contributed by atoms with Crippen LogP contribution in [0.5, 0.6) is 17.2 Å². The third kappa shape index (κ3) is 10.2. The monoisotopic (exact) mass is 1070 g/mol. The molecule has 0 bridgehead atoms. The summed E-state index contributed by atoms with van der Waals surface area (Å²) in [5, 5.41) is 8.28. The van der Waals surface area contributed by atoms with Gasteiger partial charge in [0.05, 0.1) is 7.11 Å². The van der Waals surface area contributed by atoms with Crippen molar-refractivity contribution in [3.05, 3.63) is 160 Å². The molecular weight excluding hydrogens is 991 g/mol. The van der Waals surface area contributed by atoms with E-state index in [1.807, 2.05) is 6.07 Å². The molecule has 0 amide bonds. The van der Waals surface area contributed by atoms with Crippen LogP contribution >= 0.6 is 16.5 Å². The van der Waals surface area contributed by atoms with Gasteiger partial charge in [-0.15, -0.1) is 0 Å². The Morgan fingerprint density at radius 2 is 0.896 bits per heavy atom. The van der Waals surface area contributed by atoms with E-state index < -0.39 is 16.5 Å². The van der Waals surface area contributed by atoms with Crippen LogP contribution in [-0.2, 0) is 27.1 Å². The molecule has 9 heteroatoms. The van der Waals surface area contributed by atoms with Crippen LogP contribution in [0.15, 0.2) is 132 Å². The van der Waals surface area contributed by atoms with E-state index in [1.54, 1.807) is 7.11 Å².